The molecule has 2 aromatic rings. The maximum atomic E-state index is 12.8. The van der Waals surface area contributed by atoms with E-state index in [1.807, 2.05) is 36.4 Å². The third-order valence-corrected chi connectivity index (χ3v) is 5.70. The van der Waals surface area contributed by atoms with Gasteiger partial charge in [0, 0.05) is 24.6 Å². The summed E-state index contributed by atoms with van der Waals surface area (Å²) in [6, 6.07) is 16.1. The molecule has 152 valence electrons. The number of urea groups is 1. The van der Waals surface area contributed by atoms with Gasteiger partial charge in [-0.05, 0) is 11.1 Å². The summed E-state index contributed by atoms with van der Waals surface area (Å²) < 4.78 is 0. The van der Waals surface area contributed by atoms with Crippen LogP contribution in [0.3, 0.4) is 0 Å². The summed E-state index contributed by atoms with van der Waals surface area (Å²) in [4.78, 5) is 35.5. The number of allylic oxidation sites excluding steroid dienone is 1. The monoisotopic (exact) mass is 423 g/mol. The van der Waals surface area contributed by atoms with Crippen molar-refractivity contribution in [3.8, 4) is 6.07 Å². The van der Waals surface area contributed by atoms with Crippen LogP contribution in [0.2, 0.25) is 0 Å². The Morgan fingerprint density at radius 3 is 2.60 bits per heavy atom. The van der Waals surface area contributed by atoms with Crippen molar-refractivity contribution in [2.75, 3.05) is 0 Å². The molecule has 2 aromatic carbocycles. The van der Waals surface area contributed by atoms with E-state index in [2.05, 4.69) is 10.6 Å². The van der Waals surface area contributed by atoms with Crippen molar-refractivity contribution in [3.05, 3.63) is 86.4 Å². The number of nitro benzene ring substituents is 1. The molecule has 0 fully saturated rings. The van der Waals surface area contributed by atoms with Gasteiger partial charge in [-0.1, -0.05) is 54.2 Å². The number of thioether (sulfide) groups is 1. The third-order valence-electron chi connectivity index (χ3n) is 4.48. The molecule has 0 aromatic heterocycles. The van der Waals surface area contributed by atoms with Crippen LogP contribution in [-0.4, -0.2) is 22.1 Å². The largest absolute Gasteiger partial charge is 0.393 e. The van der Waals surface area contributed by atoms with Crippen molar-refractivity contribution < 1.29 is 14.5 Å². The van der Waals surface area contributed by atoms with Gasteiger partial charge in [-0.3, -0.25) is 20.2 Å². The number of rotatable bonds is 5. The molecular weight excluding hydrogens is 406 g/mol. The summed E-state index contributed by atoms with van der Waals surface area (Å²) >= 11 is 0.953. The molecule has 3 rings (SSSR count). The lowest BCUT2D eigenvalue weighted by Gasteiger charge is -2.19. The van der Waals surface area contributed by atoms with Gasteiger partial charge in [0.25, 0.3) is 5.69 Å². The second kappa shape index (κ2) is 9.11. The van der Waals surface area contributed by atoms with Crippen molar-refractivity contribution in [2.45, 2.75) is 17.7 Å². The van der Waals surface area contributed by atoms with Crippen LogP contribution in [0.25, 0.3) is 0 Å². The van der Waals surface area contributed by atoms with Crippen LogP contribution in [0.1, 0.15) is 17.0 Å². The van der Waals surface area contributed by atoms with Gasteiger partial charge in [-0.15, -0.1) is 0 Å². The van der Waals surface area contributed by atoms with E-state index in [-0.39, 0.29) is 22.8 Å². The fraction of sp³-hybridized carbons (Fsp3) is 0.150. The Hall–Kier alpha value is -3.84. The summed E-state index contributed by atoms with van der Waals surface area (Å²) in [6.07, 6.45) is 0. The van der Waals surface area contributed by atoms with Crippen LogP contribution < -0.4 is 16.4 Å². The van der Waals surface area contributed by atoms with Gasteiger partial charge in [0.1, 0.15) is 5.25 Å². The Labute approximate surface area is 176 Å². The van der Waals surface area contributed by atoms with Gasteiger partial charge in [-0.2, -0.15) is 5.26 Å². The highest BCUT2D eigenvalue weighted by atomic mass is 32.2. The van der Waals surface area contributed by atoms with Gasteiger partial charge in [0.2, 0.25) is 5.91 Å². The van der Waals surface area contributed by atoms with Gasteiger partial charge < -0.3 is 11.1 Å². The summed E-state index contributed by atoms with van der Waals surface area (Å²) in [5.74, 6) is -1.45. The average Bonchev–Trinajstić information content (AvgIpc) is 3.09. The van der Waals surface area contributed by atoms with Crippen LogP contribution in [0.4, 0.5) is 10.5 Å². The molecule has 2 unspecified atom stereocenters. The molecule has 0 aliphatic carbocycles. The normalized spacial score (nSPS) is 17.8. The number of benzene rings is 2. The summed E-state index contributed by atoms with van der Waals surface area (Å²) in [5.41, 5.74) is 7.16. The Morgan fingerprint density at radius 1 is 1.20 bits per heavy atom. The lowest BCUT2D eigenvalue weighted by molar-refractivity contribution is -0.384. The number of hydrogen-bond donors (Lipinski definition) is 3. The Kier molecular flexibility index (Phi) is 6.34. The first kappa shape index (κ1) is 20.9. The molecule has 1 heterocycles. The van der Waals surface area contributed by atoms with Crippen LogP contribution in [0.5, 0.6) is 0 Å². The number of carbonyl (C=O) groups excluding carboxylic acids is 2. The molecule has 30 heavy (non-hydrogen) atoms. The van der Waals surface area contributed by atoms with Crippen molar-refractivity contribution >= 4 is 29.4 Å². The number of carbonyl (C=O) groups is 2. The fourth-order valence-electron chi connectivity index (χ4n) is 3.08. The Bertz CT molecular complexity index is 1060. The Morgan fingerprint density at radius 2 is 1.93 bits per heavy atom. The van der Waals surface area contributed by atoms with Gasteiger partial charge >= 0.3 is 6.03 Å². The lowest BCUT2D eigenvalue weighted by atomic mass is 9.88. The van der Waals surface area contributed by atoms with Crippen LogP contribution in [0, 0.1) is 21.4 Å². The molecule has 0 spiro atoms. The maximum Gasteiger partial charge on any atom is 0.321 e. The second-order valence-electron chi connectivity index (χ2n) is 6.42. The molecule has 0 saturated carbocycles. The van der Waals surface area contributed by atoms with Crippen molar-refractivity contribution in [1.29, 1.82) is 5.26 Å². The van der Waals surface area contributed by atoms with E-state index in [1.165, 1.54) is 18.2 Å². The maximum absolute atomic E-state index is 12.8. The van der Waals surface area contributed by atoms with E-state index in [0.29, 0.717) is 5.56 Å². The first-order chi connectivity index (χ1) is 14.4. The summed E-state index contributed by atoms with van der Waals surface area (Å²) in [5, 5.41) is 24.7. The van der Waals surface area contributed by atoms with Crippen LogP contribution in [0.15, 0.2) is 65.2 Å². The minimum absolute atomic E-state index is 0.144. The number of imide groups is 1. The predicted molar refractivity (Wildman–Crippen MR) is 111 cm³/mol. The minimum atomic E-state index is -0.913. The topological polar surface area (TPSA) is 151 Å². The number of nitrogens with two attached hydrogens (primary N) is 1. The number of nitrogens with zero attached hydrogens (tertiary/aromatic N) is 2. The third kappa shape index (κ3) is 4.59. The second-order valence-corrected chi connectivity index (χ2v) is 7.60. The van der Waals surface area contributed by atoms with Gasteiger partial charge in [0.15, 0.2) is 0 Å². The molecule has 1 aliphatic rings. The fourth-order valence-corrected chi connectivity index (χ4v) is 4.25. The zero-order chi connectivity index (χ0) is 21.7. The van der Waals surface area contributed by atoms with Gasteiger partial charge in [-0.25, -0.2) is 4.79 Å². The number of amides is 3. The number of non-ortho nitro benzene ring substituents is 1. The molecule has 1 aliphatic heterocycles. The number of nitro groups is 1. The first-order valence-corrected chi connectivity index (χ1v) is 9.72. The van der Waals surface area contributed by atoms with E-state index >= 15 is 0 Å². The van der Waals surface area contributed by atoms with Gasteiger partial charge in [0.05, 0.1) is 21.6 Å². The number of nitriles is 1. The zero-order valence-corrected chi connectivity index (χ0v) is 16.4. The van der Waals surface area contributed by atoms with Crippen molar-refractivity contribution in [3.63, 3.8) is 0 Å². The van der Waals surface area contributed by atoms with Crippen LogP contribution >= 0.6 is 11.8 Å². The van der Waals surface area contributed by atoms with E-state index in [1.54, 1.807) is 6.07 Å². The van der Waals surface area contributed by atoms with Crippen LogP contribution in [-0.2, 0) is 11.3 Å². The predicted octanol–water partition coefficient (Wildman–Crippen LogP) is 2.51. The molecule has 2 atom stereocenters. The zero-order valence-electron chi connectivity index (χ0n) is 15.6. The Balaban J connectivity index is 1.75. The highest BCUT2D eigenvalue weighted by Crippen LogP contribution is 2.46. The van der Waals surface area contributed by atoms with Crippen molar-refractivity contribution in [2.24, 2.45) is 5.73 Å². The molecule has 4 N–H and O–H groups in total. The molecule has 10 heteroatoms. The lowest BCUT2D eigenvalue weighted by Crippen LogP contribution is -2.44. The highest BCUT2D eigenvalue weighted by Gasteiger charge is 2.41. The highest BCUT2D eigenvalue weighted by molar-refractivity contribution is 8.04. The number of hydrogen-bond acceptors (Lipinski definition) is 7. The average molecular weight is 423 g/mol. The summed E-state index contributed by atoms with van der Waals surface area (Å²) in [6.45, 7) is 0.232. The molecular formula is C20H17N5O4S. The van der Waals surface area contributed by atoms with Crippen molar-refractivity contribution in [1.82, 2.24) is 10.6 Å². The SMILES string of the molecule is N#CC1=C(N)SC(C(=O)NC(=O)NCc2ccccc2)C1c1cccc([N+](=O)[O-])c1. The standard InChI is InChI=1S/C20H17N5O4S/c21-10-15-16(13-7-4-8-14(9-13)25(28)29)17(30-18(15)22)19(26)24-20(27)23-11-12-5-2-1-3-6-12/h1-9,16-17H,11,22H2,(H2,23,24,26,27). The number of nitrogens with one attached hydrogen (secondary N) is 2. The molecule has 0 saturated heterocycles. The van der Waals surface area contributed by atoms with E-state index in [0.717, 1.165) is 17.3 Å². The molecule has 9 nitrogen and oxygen atoms in total. The van der Waals surface area contributed by atoms with E-state index in [4.69, 9.17) is 5.73 Å². The smallest absolute Gasteiger partial charge is 0.321 e. The van der Waals surface area contributed by atoms with E-state index < -0.39 is 28.0 Å². The van der Waals surface area contributed by atoms with E-state index in [9.17, 15) is 25.0 Å². The first-order valence-electron chi connectivity index (χ1n) is 8.84. The minimum Gasteiger partial charge on any atom is -0.393 e. The summed E-state index contributed by atoms with van der Waals surface area (Å²) in [7, 11) is 0. The molecule has 0 radical (unpaired) electrons. The molecule has 3 amide bonds. The molecule has 0 bridgehead atoms. The quantitative estimate of drug-likeness (QED) is 0.493.